The van der Waals surface area contributed by atoms with Crippen molar-refractivity contribution in [1.82, 2.24) is 10.2 Å². The van der Waals surface area contributed by atoms with Gasteiger partial charge in [0.15, 0.2) is 0 Å². The van der Waals surface area contributed by atoms with E-state index in [4.69, 9.17) is 19.0 Å². The largest absolute Gasteiger partial charge is 0.497 e. The molecule has 3 aromatic rings. The van der Waals surface area contributed by atoms with Crippen molar-refractivity contribution >= 4 is 17.7 Å². The van der Waals surface area contributed by atoms with E-state index in [1.807, 2.05) is 24.3 Å². The van der Waals surface area contributed by atoms with E-state index in [1.165, 1.54) is 17.8 Å². The Labute approximate surface area is 160 Å². The van der Waals surface area contributed by atoms with Crippen LogP contribution in [0.3, 0.4) is 0 Å². The Morgan fingerprint density at radius 2 is 1.93 bits per heavy atom. The van der Waals surface area contributed by atoms with Crippen LogP contribution in [0.15, 0.2) is 58.2 Å². The van der Waals surface area contributed by atoms with Gasteiger partial charge in [0, 0.05) is 11.3 Å². The van der Waals surface area contributed by atoms with Gasteiger partial charge in [-0.2, -0.15) is 0 Å². The van der Waals surface area contributed by atoms with Crippen LogP contribution in [0.4, 0.5) is 0 Å². The standard InChI is InChI=1S/C19H18N2O5S/c1-24-14-9-7-13(8-10-14)17-20-21-19(26-17)27-12-4-11-25-16-6-3-2-5-15(16)18(22)23/h2-3,5-10H,4,11-12H2,1H3,(H,22,23). The Bertz CT molecular complexity index is 895. The lowest BCUT2D eigenvalue weighted by Crippen LogP contribution is -2.04. The van der Waals surface area contributed by atoms with Crippen molar-refractivity contribution in [3.05, 3.63) is 54.1 Å². The van der Waals surface area contributed by atoms with Gasteiger partial charge in [0.1, 0.15) is 17.1 Å². The van der Waals surface area contributed by atoms with Crippen molar-refractivity contribution in [1.29, 1.82) is 0 Å². The van der Waals surface area contributed by atoms with Crippen molar-refractivity contribution in [3.63, 3.8) is 0 Å². The number of thioether (sulfide) groups is 1. The van der Waals surface area contributed by atoms with Gasteiger partial charge in [0.05, 0.1) is 13.7 Å². The fourth-order valence-electron chi connectivity index (χ4n) is 2.29. The number of nitrogens with zero attached hydrogens (tertiary/aromatic N) is 2. The molecule has 0 unspecified atom stereocenters. The van der Waals surface area contributed by atoms with Crippen LogP contribution in [0.5, 0.6) is 11.5 Å². The first-order valence-electron chi connectivity index (χ1n) is 8.23. The Morgan fingerprint density at radius 3 is 2.67 bits per heavy atom. The Balaban J connectivity index is 1.46. The summed E-state index contributed by atoms with van der Waals surface area (Å²) in [5.74, 6) is 1.29. The quantitative estimate of drug-likeness (QED) is 0.435. The number of carbonyl (C=O) groups is 1. The van der Waals surface area contributed by atoms with Crippen LogP contribution in [0.2, 0.25) is 0 Å². The Morgan fingerprint density at radius 1 is 1.15 bits per heavy atom. The molecule has 0 radical (unpaired) electrons. The molecule has 0 aliphatic carbocycles. The molecule has 0 saturated heterocycles. The molecule has 0 atom stereocenters. The molecule has 7 nitrogen and oxygen atoms in total. The van der Waals surface area contributed by atoms with Gasteiger partial charge >= 0.3 is 5.97 Å². The lowest BCUT2D eigenvalue weighted by molar-refractivity contribution is 0.0692. The molecular formula is C19H18N2O5S. The minimum atomic E-state index is -1.00. The molecule has 0 saturated carbocycles. The zero-order chi connectivity index (χ0) is 19.1. The molecule has 1 N–H and O–H groups in total. The second-order valence-electron chi connectivity index (χ2n) is 5.45. The molecule has 140 valence electrons. The number of para-hydroxylation sites is 1. The highest BCUT2D eigenvalue weighted by Crippen LogP contribution is 2.25. The van der Waals surface area contributed by atoms with Crippen molar-refractivity contribution in [2.24, 2.45) is 0 Å². The lowest BCUT2D eigenvalue weighted by Gasteiger charge is -2.08. The summed E-state index contributed by atoms with van der Waals surface area (Å²) in [6.07, 6.45) is 0.707. The summed E-state index contributed by atoms with van der Waals surface area (Å²) in [6, 6.07) is 14.0. The number of carboxylic acids is 1. The maximum atomic E-state index is 11.1. The summed E-state index contributed by atoms with van der Waals surface area (Å²) < 4.78 is 16.3. The summed E-state index contributed by atoms with van der Waals surface area (Å²) >= 11 is 1.43. The minimum absolute atomic E-state index is 0.159. The number of hydrogen-bond donors (Lipinski definition) is 1. The fourth-order valence-corrected chi connectivity index (χ4v) is 2.96. The van der Waals surface area contributed by atoms with E-state index in [2.05, 4.69) is 10.2 Å². The maximum absolute atomic E-state index is 11.1. The van der Waals surface area contributed by atoms with Crippen LogP contribution in [-0.4, -0.2) is 40.7 Å². The highest BCUT2D eigenvalue weighted by Gasteiger charge is 2.11. The number of aromatic nitrogens is 2. The molecule has 3 rings (SSSR count). The van der Waals surface area contributed by atoms with E-state index in [9.17, 15) is 4.79 Å². The monoisotopic (exact) mass is 386 g/mol. The number of methoxy groups -OCH3 is 1. The second-order valence-corrected chi connectivity index (χ2v) is 6.50. The third-order valence-corrected chi connectivity index (χ3v) is 4.54. The number of hydrogen-bond acceptors (Lipinski definition) is 7. The third-order valence-electron chi connectivity index (χ3n) is 3.63. The van der Waals surface area contributed by atoms with E-state index in [0.717, 1.165) is 11.3 Å². The summed E-state index contributed by atoms with van der Waals surface area (Å²) in [7, 11) is 1.61. The first-order chi connectivity index (χ1) is 13.2. The van der Waals surface area contributed by atoms with Crippen LogP contribution >= 0.6 is 11.8 Å². The van der Waals surface area contributed by atoms with Crippen molar-refractivity contribution in [2.45, 2.75) is 11.6 Å². The van der Waals surface area contributed by atoms with Gasteiger partial charge in [0.25, 0.3) is 5.22 Å². The molecule has 8 heteroatoms. The van der Waals surface area contributed by atoms with Crippen molar-refractivity contribution in [2.75, 3.05) is 19.5 Å². The molecule has 0 aliphatic heterocycles. The zero-order valence-electron chi connectivity index (χ0n) is 14.6. The van der Waals surface area contributed by atoms with Crippen molar-refractivity contribution < 1.29 is 23.8 Å². The highest BCUT2D eigenvalue weighted by atomic mass is 32.2. The number of ether oxygens (including phenoxy) is 2. The molecule has 0 fully saturated rings. The van der Waals surface area contributed by atoms with Crippen LogP contribution in [-0.2, 0) is 0 Å². The number of aromatic carboxylic acids is 1. The van der Waals surface area contributed by atoms with Crippen LogP contribution in [0.25, 0.3) is 11.5 Å². The van der Waals surface area contributed by atoms with Crippen LogP contribution in [0, 0.1) is 0 Å². The fraction of sp³-hybridized carbons (Fsp3) is 0.211. The van der Waals surface area contributed by atoms with E-state index in [0.29, 0.717) is 35.6 Å². The van der Waals surface area contributed by atoms with E-state index in [1.54, 1.807) is 25.3 Å². The first kappa shape index (κ1) is 18.8. The third kappa shape index (κ3) is 5.01. The van der Waals surface area contributed by atoms with Gasteiger partial charge in [-0.15, -0.1) is 10.2 Å². The summed E-state index contributed by atoms with van der Waals surface area (Å²) in [6.45, 7) is 0.400. The second kappa shape index (κ2) is 9.09. The number of carboxylic acid groups (broad SMARTS) is 1. The molecule has 0 bridgehead atoms. The Kier molecular flexibility index (Phi) is 6.32. The molecule has 0 spiro atoms. The van der Waals surface area contributed by atoms with Gasteiger partial charge in [-0.25, -0.2) is 4.79 Å². The predicted molar refractivity (Wildman–Crippen MR) is 101 cm³/mol. The van der Waals surface area contributed by atoms with Gasteiger partial charge in [-0.3, -0.25) is 0 Å². The highest BCUT2D eigenvalue weighted by molar-refractivity contribution is 7.99. The number of benzene rings is 2. The predicted octanol–water partition coefficient (Wildman–Crippen LogP) is 4.00. The van der Waals surface area contributed by atoms with Crippen LogP contribution < -0.4 is 9.47 Å². The zero-order valence-corrected chi connectivity index (χ0v) is 15.4. The van der Waals surface area contributed by atoms with Gasteiger partial charge in [0.2, 0.25) is 5.89 Å². The summed E-state index contributed by atoms with van der Waals surface area (Å²) in [5, 5.41) is 17.7. The van der Waals surface area contributed by atoms with E-state index < -0.39 is 5.97 Å². The molecule has 0 aliphatic rings. The van der Waals surface area contributed by atoms with Crippen LogP contribution in [0.1, 0.15) is 16.8 Å². The maximum Gasteiger partial charge on any atom is 0.339 e. The smallest absolute Gasteiger partial charge is 0.339 e. The lowest BCUT2D eigenvalue weighted by atomic mass is 10.2. The van der Waals surface area contributed by atoms with E-state index >= 15 is 0 Å². The molecular weight excluding hydrogens is 368 g/mol. The molecule has 1 aromatic heterocycles. The molecule has 2 aromatic carbocycles. The number of rotatable bonds is 9. The SMILES string of the molecule is COc1ccc(-c2nnc(SCCCOc3ccccc3C(=O)O)o2)cc1. The summed E-state index contributed by atoms with van der Waals surface area (Å²) in [4.78, 5) is 11.1. The van der Waals surface area contributed by atoms with Gasteiger partial charge in [-0.05, 0) is 42.8 Å². The normalized spacial score (nSPS) is 10.6. The Hall–Kier alpha value is -3.00. The molecule has 27 heavy (non-hydrogen) atoms. The van der Waals surface area contributed by atoms with Gasteiger partial charge < -0.3 is 19.0 Å². The van der Waals surface area contributed by atoms with Crippen molar-refractivity contribution in [3.8, 4) is 23.0 Å². The minimum Gasteiger partial charge on any atom is -0.497 e. The molecule has 1 heterocycles. The summed E-state index contributed by atoms with van der Waals surface area (Å²) in [5.41, 5.74) is 0.981. The average molecular weight is 386 g/mol. The van der Waals surface area contributed by atoms with Gasteiger partial charge in [-0.1, -0.05) is 23.9 Å². The first-order valence-corrected chi connectivity index (χ1v) is 9.22. The average Bonchev–Trinajstić information content (AvgIpc) is 3.17. The molecule has 0 amide bonds. The van der Waals surface area contributed by atoms with E-state index in [-0.39, 0.29) is 5.56 Å². The topological polar surface area (TPSA) is 94.7 Å².